The van der Waals surface area contributed by atoms with Gasteiger partial charge in [0.15, 0.2) is 0 Å². The molecule has 7 aliphatic rings. The van der Waals surface area contributed by atoms with Crippen molar-refractivity contribution in [2.75, 3.05) is 39.8 Å². The Morgan fingerprint density at radius 1 is 0.364 bits per heavy atom. The fourth-order valence-electron chi connectivity index (χ4n) is 12.9. The molecule has 0 atom stereocenters. The average Bonchev–Trinajstić information content (AvgIpc) is 0.868. The van der Waals surface area contributed by atoms with E-state index in [-0.39, 0.29) is 35.6 Å². The van der Waals surface area contributed by atoms with E-state index in [0.29, 0.717) is 59.1 Å². The zero-order valence-corrected chi connectivity index (χ0v) is 71.5. The topological polar surface area (TPSA) is 189 Å². The summed E-state index contributed by atoms with van der Waals surface area (Å²) < 4.78 is 5.39. The lowest BCUT2D eigenvalue weighted by Crippen LogP contribution is -2.43. The number of hydrogen-bond donors (Lipinski definition) is 4. The van der Waals surface area contributed by atoms with Gasteiger partial charge in [-0.2, -0.15) is 0 Å². The molecule has 5 amide bonds. The highest BCUT2D eigenvalue weighted by Gasteiger charge is 2.33. The third-order valence-corrected chi connectivity index (χ3v) is 19.8. The molecule has 1 heterocycles. The summed E-state index contributed by atoms with van der Waals surface area (Å²) in [6.07, 6.45) is 31.9. The second-order valence-electron chi connectivity index (χ2n) is 30.2. The summed E-state index contributed by atoms with van der Waals surface area (Å²) in [5, 5.41) is 8.67. The van der Waals surface area contributed by atoms with Gasteiger partial charge in [-0.1, -0.05) is 185 Å². The minimum absolute atomic E-state index is 0.0637. The first kappa shape index (κ1) is 106. The van der Waals surface area contributed by atoms with Gasteiger partial charge in [-0.25, -0.2) is 10.3 Å². The second-order valence-corrected chi connectivity index (χ2v) is 30.2. The molecule has 0 bridgehead atoms. The Morgan fingerprint density at radius 2 is 0.606 bits per heavy atom. The molecular weight excluding hydrogens is 1230 g/mol. The standard InChI is InChI=1S/C14H27NO2.2C11H21NO.C10H19NO2.C9H17NO.2C9H16O.6C2H6/c1-13(2,3)11-7-9-15(10-8-11)12(16)17-14(4,5)6;2*1-3-8-12-11(13)10-6-4-9(2)5-7-10;1-3-13-11-10(12)9-6-4-8(2)5-7-9;1-7-3-5-8(6-4-7)9(11)10-2;2*1-7-3-5-9(6-4-7)8(2)10;6*1-2/h11H,7-10H2,1-6H3;2*9-10H,3-8H2,1-2H3,(H,12,13);8-9H,3-7H2,1-2H3,(H,11,12);7-8H,3-6H2,1-2H3,(H,10,11);2*7,9H,3-6H2,1-2H3;6*1-2H3. The molecule has 7 rings (SSSR count). The Kier molecular flexibility index (Phi) is 72.7. The highest BCUT2D eigenvalue weighted by atomic mass is 16.6. The molecule has 7 fully saturated rings. The van der Waals surface area contributed by atoms with Crippen molar-refractivity contribution in [1.29, 1.82) is 0 Å². The number of piperidine rings is 1. The zero-order valence-electron chi connectivity index (χ0n) is 71.5. The van der Waals surface area contributed by atoms with Crippen molar-refractivity contribution in [3.63, 3.8) is 0 Å². The maximum absolute atomic E-state index is 11.9. The lowest BCUT2D eigenvalue weighted by molar-refractivity contribution is -0.138. The van der Waals surface area contributed by atoms with Gasteiger partial charge in [-0.3, -0.25) is 33.6 Å². The van der Waals surface area contributed by atoms with E-state index in [4.69, 9.17) is 9.57 Å². The molecule has 0 aromatic heterocycles. The van der Waals surface area contributed by atoms with Gasteiger partial charge in [0.1, 0.15) is 17.2 Å². The summed E-state index contributed by atoms with van der Waals surface area (Å²) in [6, 6.07) is 0. The third kappa shape index (κ3) is 56.6. The van der Waals surface area contributed by atoms with Crippen LogP contribution in [0.1, 0.15) is 381 Å². The quantitative estimate of drug-likeness (QED) is 0.138. The SMILES string of the molecule is CC.CC.CC.CC.CC.CC.CC(=O)C1CCC(C)CC1.CC(=O)C1CCC(C)CC1.CC(C)(C)OC(=O)N1CCC(C(C)(C)C)CC1.CCCNC(=O)C1CCC(C)CC1.CCCNC(=O)C1CCC(C)CC1.CCONC(=O)C1CCC(C)CC1.CNC(=O)C1CCC(C)CC1. The second kappa shape index (κ2) is 67.6. The van der Waals surface area contributed by atoms with E-state index in [9.17, 15) is 33.6 Å². The molecule has 14 heteroatoms. The van der Waals surface area contributed by atoms with E-state index in [1.807, 2.05) is 116 Å². The highest BCUT2D eigenvalue weighted by Crippen LogP contribution is 2.36. The molecule has 0 unspecified atom stereocenters. The molecule has 1 aliphatic heterocycles. The van der Waals surface area contributed by atoms with Crippen molar-refractivity contribution in [3.05, 3.63) is 0 Å². The Hall–Kier alpha value is -3.55. The van der Waals surface area contributed by atoms with E-state index >= 15 is 0 Å². The van der Waals surface area contributed by atoms with Crippen LogP contribution in [0.3, 0.4) is 0 Å². The summed E-state index contributed by atoms with van der Waals surface area (Å²) in [4.78, 5) is 86.1. The van der Waals surface area contributed by atoms with Crippen molar-refractivity contribution in [2.45, 2.75) is 386 Å². The van der Waals surface area contributed by atoms with Crippen LogP contribution in [0.2, 0.25) is 0 Å². The van der Waals surface area contributed by atoms with Crippen LogP contribution in [0, 0.1) is 82.3 Å². The number of nitrogens with one attached hydrogen (secondary N) is 4. The fourth-order valence-corrected chi connectivity index (χ4v) is 12.9. The zero-order chi connectivity index (χ0) is 77.7. The summed E-state index contributed by atoms with van der Waals surface area (Å²) in [6.45, 7) is 63.5. The first-order valence-corrected chi connectivity index (χ1v) is 41.6. The van der Waals surface area contributed by atoms with Gasteiger partial charge in [-0.15, -0.1) is 0 Å². The minimum atomic E-state index is -0.391. The number of carbonyl (C=O) groups excluding carboxylic acids is 7. The number of ether oxygens (including phenoxy) is 1. The van der Waals surface area contributed by atoms with Crippen molar-refractivity contribution in [3.8, 4) is 0 Å². The van der Waals surface area contributed by atoms with Crippen LogP contribution in [-0.2, 0) is 38.3 Å². The van der Waals surface area contributed by atoms with Crippen LogP contribution in [0.5, 0.6) is 0 Å². The number of ketones is 2. The smallest absolute Gasteiger partial charge is 0.410 e. The monoisotopic (exact) mass is 1410 g/mol. The molecule has 0 aromatic carbocycles. The summed E-state index contributed by atoms with van der Waals surface area (Å²) in [7, 11) is 1.72. The van der Waals surface area contributed by atoms with E-state index in [1.165, 1.54) is 77.0 Å². The lowest BCUT2D eigenvalue weighted by atomic mass is 9.75. The maximum Gasteiger partial charge on any atom is 0.410 e. The number of hydroxylamine groups is 1. The molecule has 6 aliphatic carbocycles. The first-order valence-electron chi connectivity index (χ1n) is 41.6. The van der Waals surface area contributed by atoms with E-state index < -0.39 is 5.60 Å². The van der Waals surface area contributed by atoms with Crippen LogP contribution in [0.4, 0.5) is 4.79 Å². The largest absolute Gasteiger partial charge is 0.444 e. The third-order valence-electron chi connectivity index (χ3n) is 19.8. The highest BCUT2D eigenvalue weighted by molar-refractivity contribution is 5.80. The van der Waals surface area contributed by atoms with Gasteiger partial charge in [0.2, 0.25) is 23.6 Å². The van der Waals surface area contributed by atoms with Crippen LogP contribution < -0.4 is 21.4 Å². The molecule has 0 aromatic rings. The van der Waals surface area contributed by atoms with Crippen molar-refractivity contribution < 1.29 is 43.1 Å². The Balaban J connectivity index is -0.000000249. The number of hydrogen-bond acceptors (Lipinski definition) is 9. The molecule has 4 N–H and O–H groups in total. The molecule has 592 valence electrons. The molecule has 14 nitrogen and oxygen atoms in total. The van der Waals surface area contributed by atoms with Crippen molar-refractivity contribution >= 4 is 41.3 Å². The first-order chi connectivity index (χ1) is 46.9. The molecule has 6 saturated carbocycles. The normalized spacial score (nSPS) is 25.2. The Labute approximate surface area is 616 Å². The average molecular weight is 1410 g/mol. The molecule has 0 radical (unpaired) electrons. The summed E-state index contributed by atoms with van der Waals surface area (Å²) >= 11 is 0. The van der Waals surface area contributed by atoms with Crippen LogP contribution in [0.15, 0.2) is 0 Å². The molecule has 0 spiro atoms. The van der Waals surface area contributed by atoms with Crippen molar-refractivity contribution in [1.82, 2.24) is 26.3 Å². The van der Waals surface area contributed by atoms with E-state index in [0.717, 1.165) is 164 Å². The van der Waals surface area contributed by atoms with E-state index in [1.54, 1.807) is 20.9 Å². The number of amides is 5. The lowest BCUT2D eigenvalue weighted by Gasteiger charge is -2.39. The van der Waals surface area contributed by atoms with Gasteiger partial charge in [0.25, 0.3) is 0 Å². The molecule has 1 saturated heterocycles. The summed E-state index contributed by atoms with van der Waals surface area (Å²) in [5.41, 5.74) is 2.43. The van der Waals surface area contributed by atoms with Gasteiger partial charge in [-0.05, 0) is 242 Å². The number of likely N-dealkylation sites (tertiary alicyclic amines) is 1. The Bertz CT molecular complexity index is 1760. The number of rotatable bonds is 12. The number of Topliss-reactive ketones (excluding diaryl/α,β-unsaturated/α-hetero) is 2. The van der Waals surface area contributed by atoms with Gasteiger partial charge in [0.05, 0.1) is 6.61 Å². The van der Waals surface area contributed by atoms with Gasteiger partial charge >= 0.3 is 6.09 Å². The fraction of sp³-hybridized carbons (Fsp3) is 0.918. The van der Waals surface area contributed by atoms with E-state index in [2.05, 4.69) is 97.6 Å². The van der Waals surface area contributed by atoms with Crippen LogP contribution in [-0.4, -0.2) is 91.6 Å². The number of nitrogens with zero attached hydrogens (tertiary/aromatic N) is 1. The summed E-state index contributed by atoms with van der Waals surface area (Å²) in [5.74, 6) is 9.26. The molecular formula is C85H173N5O9. The van der Waals surface area contributed by atoms with Crippen LogP contribution >= 0.6 is 0 Å². The van der Waals surface area contributed by atoms with Crippen molar-refractivity contribution in [2.24, 2.45) is 82.3 Å². The van der Waals surface area contributed by atoms with Gasteiger partial charge in [0, 0.05) is 68.7 Å². The minimum Gasteiger partial charge on any atom is -0.444 e. The maximum atomic E-state index is 11.9. The Morgan fingerprint density at radius 3 is 0.818 bits per heavy atom. The number of carbonyl (C=O) groups is 7. The van der Waals surface area contributed by atoms with Gasteiger partial charge < -0.3 is 25.6 Å². The predicted molar refractivity (Wildman–Crippen MR) is 427 cm³/mol. The molecule has 99 heavy (non-hydrogen) atoms. The predicted octanol–water partition coefficient (Wildman–Crippen LogP) is 22.8. The van der Waals surface area contributed by atoms with Crippen LogP contribution in [0.25, 0.3) is 0 Å².